The molecule has 1 aliphatic heterocycles. The summed E-state index contributed by atoms with van der Waals surface area (Å²) in [6.07, 6.45) is 4.89. The molecule has 14 nitrogen and oxygen atoms in total. The number of amides is 3. The second kappa shape index (κ2) is 25.4. The van der Waals surface area contributed by atoms with Crippen molar-refractivity contribution in [1.29, 1.82) is 0 Å². The van der Waals surface area contributed by atoms with E-state index in [0.29, 0.717) is 44.1 Å². The molecule has 0 spiro atoms. The van der Waals surface area contributed by atoms with Gasteiger partial charge in [0.15, 0.2) is 0 Å². The van der Waals surface area contributed by atoms with Gasteiger partial charge < -0.3 is 26.4 Å². The van der Waals surface area contributed by atoms with Crippen LogP contribution in [0.2, 0.25) is 0 Å². The van der Waals surface area contributed by atoms with Crippen LogP contribution in [0.15, 0.2) is 119 Å². The second-order valence-electron chi connectivity index (χ2n) is 14.1. The number of nitrogens with zero attached hydrogens (tertiary/aromatic N) is 7. The van der Waals surface area contributed by atoms with Crippen LogP contribution in [0.5, 0.6) is 0 Å². The standard InChI is InChI=1S/C18H16N2O.C10H14O.C9H8F2N4O.C9H10N4O/c19-12-11-18(21)20-13-16-7-2-1-5-14(16)9-10-15-6-3-4-8-17(15)20;11-7-10-8-5-3-1-2-4-6-9(8)10;10-9(11,14-15-12)8(16)13-6-7-4-2-1-3-5-7;10-13-12-7-9(14)11-6-8-4-2-1-3-5-8/h1-8H,11-13,19H2;8-11H,3-7H2;1-5H,6H2,(H,13,16);1-5H,6-7H2,(H,11,14)/t;8-,9+,10?;;. The summed E-state index contributed by atoms with van der Waals surface area (Å²) in [6.45, 7) is 1.54. The average molecular weight is 843 g/mol. The molecule has 2 aliphatic carbocycles. The van der Waals surface area contributed by atoms with E-state index < -0.39 is 12.0 Å². The van der Waals surface area contributed by atoms with Gasteiger partial charge in [0.2, 0.25) is 11.8 Å². The molecule has 62 heavy (non-hydrogen) atoms. The molecule has 5 N–H and O–H groups in total. The van der Waals surface area contributed by atoms with Crippen LogP contribution < -0.4 is 21.3 Å². The van der Waals surface area contributed by atoms with Crippen LogP contribution >= 0.6 is 0 Å². The highest BCUT2D eigenvalue weighted by molar-refractivity contribution is 5.95. The van der Waals surface area contributed by atoms with E-state index in [-0.39, 0.29) is 24.9 Å². The normalized spacial score (nSPS) is 16.1. The molecule has 3 aliphatic rings. The van der Waals surface area contributed by atoms with Gasteiger partial charge in [-0.2, -0.15) is 8.78 Å². The van der Waals surface area contributed by atoms with Gasteiger partial charge in [0.05, 0.1) is 12.2 Å². The number of aliphatic hydroxyl groups excluding tert-OH is 1. The summed E-state index contributed by atoms with van der Waals surface area (Å²) in [7, 11) is 0. The van der Waals surface area contributed by atoms with Gasteiger partial charge in [-0.05, 0) is 81.7 Å². The van der Waals surface area contributed by atoms with E-state index in [2.05, 4.69) is 44.1 Å². The van der Waals surface area contributed by atoms with Gasteiger partial charge in [0.25, 0.3) is 5.91 Å². The topological polar surface area (TPSA) is 222 Å². The van der Waals surface area contributed by atoms with Crippen molar-refractivity contribution in [3.05, 3.63) is 158 Å². The Morgan fingerprint density at radius 3 is 1.92 bits per heavy atom. The van der Waals surface area contributed by atoms with Gasteiger partial charge in [-0.25, -0.2) is 0 Å². The first-order valence-electron chi connectivity index (χ1n) is 20.0. The summed E-state index contributed by atoms with van der Waals surface area (Å²) >= 11 is 0. The highest BCUT2D eigenvalue weighted by Crippen LogP contribution is 2.51. The lowest BCUT2D eigenvalue weighted by atomic mass is 10.0. The van der Waals surface area contributed by atoms with Gasteiger partial charge in [0, 0.05) is 66.5 Å². The first-order chi connectivity index (χ1) is 30.1. The molecule has 0 bridgehead atoms. The van der Waals surface area contributed by atoms with Crippen molar-refractivity contribution in [1.82, 2.24) is 10.6 Å². The predicted molar refractivity (Wildman–Crippen MR) is 232 cm³/mol. The molecule has 320 valence electrons. The largest absolute Gasteiger partial charge is 0.401 e. The molecule has 4 aromatic rings. The van der Waals surface area contributed by atoms with Crippen LogP contribution in [0, 0.1) is 41.4 Å². The highest BCUT2D eigenvalue weighted by Gasteiger charge is 2.47. The second-order valence-corrected chi connectivity index (χ2v) is 14.1. The maximum Gasteiger partial charge on any atom is 0.401 e. The van der Waals surface area contributed by atoms with Crippen LogP contribution in [0.25, 0.3) is 20.9 Å². The Balaban J connectivity index is 0.000000187. The summed E-state index contributed by atoms with van der Waals surface area (Å²) in [5.74, 6) is 13.1. The SMILES string of the molecule is NCCC(=O)N1Cc2ccccc2C#Cc2ccccc21.OCC1[C@H]2CCC#CCC[C@@H]12.[N-]=[N+]=NC(F)(F)C(=O)NCc1ccccc1.[N-]=[N+]=NCC(=O)NCc1ccccc1. The molecule has 0 radical (unpaired) electrons. The predicted octanol–water partition coefficient (Wildman–Crippen LogP) is 7.52. The number of carbonyl (C=O) groups excluding carboxylic acids is 3. The Morgan fingerprint density at radius 2 is 1.34 bits per heavy atom. The van der Waals surface area contributed by atoms with Crippen molar-refractivity contribution in [2.75, 3.05) is 24.6 Å². The summed E-state index contributed by atoms with van der Waals surface area (Å²) in [5.41, 5.74) is 26.8. The fourth-order valence-electron chi connectivity index (χ4n) is 6.71. The van der Waals surface area contributed by atoms with Crippen molar-refractivity contribution < 1.29 is 28.3 Å². The number of aliphatic hydroxyl groups is 1. The fourth-order valence-corrected chi connectivity index (χ4v) is 6.71. The first-order valence-corrected chi connectivity index (χ1v) is 20.0. The van der Waals surface area contributed by atoms with E-state index in [0.717, 1.165) is 52.6 Å². The molecule has 1 unspecified atom stereocenters. The third-order valence-electron chi connectivity index (χ3n) is 9.93. The Hall–Kier alpha value is -7.19. The van der Waals surface area contributed by atoms with Gasteiger partial charge in [-0.15, -0.1) is 11.8 Å². The van der Waals surface area contributed by atoms with Crippen molar-refractivity contribution in [2.45, 2.75) is 57.8 Å². The van der Waals surface area contributed by atoms with E-state index in [4.69, 9.17) is 21.9 Å². The quantitative estimate of drug-likeness (QED) is 0.0394. The molecule has 4 aromatic carbocycles. The zero-order chi connectivity index (χ0) is 44.6. The minimum atomic E-state index is -4.05. The molecule has 1 saturated carbocycles. The number of nitrogens with two attached hydrogens (primary N) is 1. The van der Waals surface area contributed by atoms with Crippen LogP contribution in [0.3, 0.4) is 0 Å². The number of carbonyl (C=O) groups is 3. The lowest BCUT2D eigenvalue weighted by molar-refractivity contribution is -0.144. The number of azide groups is 2. The smallest absolute Gasteiger partial charge is 0.396 e. The third-order valence-corrected chi connectivity index (χ3v) is 9.93. The Morgan fingerprint density at radius 1 is 0.790 bits per heavy atom. The number of para-hydroxylation sites is 1. The van der Waals surface area contributed by atoms with E-state index >= 15 is 0 Å². The number of nitrogens with one attached hydrogen (secondary N) is 2. The molecule has 1 heterocycles. The summed E-state index contributed by atoms with van der Waals surface area (Å²) < 4.78 is 25.4. The van der Waals surface area contributed by atoms with E-state index in [9.17, 15) is 23.2 Å². The Bertz CT molecular complexity index is 2310. The van der Waals surface area contributed by atoms with Crippen LogP contribution in [-0.4, -0.2) is 48.6 Å². The fraction of sp³-hybridized carbons (Fsp3) is 0.326. The number of halogens is 2. The van der Waals surface area contributed by atoms with Crippen LogP contribution in [0.4, 0.5) is 14.5 Å². The molecule has 0 saturated heterocycles. The molecule has 1 fully saturated rings. The van der Waals surface area contributed by atoms with Crippen molar-refractivity contribution >= 4 is 23.4 Å². The van der Waals surface area contributed by atoms with E-state index in [1.807, 2.05) is 89.1 Å². The molecule has 16 heteroatoms. The number of hydrogen-bond acceptors (Lipinski definition) is 7. The minimum Gasteiger partial charge on any atom is -0.396 e. The number of alkyl halides is 2. The molecular weight excluding hydrogens is 795 g/mol. The Labute approximate surface area is 359 Å². The number of benzene rings is 4. The van der Waals surface area contributed by atoms with Crippen LogP contribution in [-0.2, 0) is 34.0 Å². The maximum absolute atomic E-state index is 12.7. The van der Waals surface area contributed by atoms with E-state index in [1.54, 1.807) is 35.2 Å². The zero-order valence-electron chi connectivity index (χ0n) is 34.0. The molecular formula is C46H48F2N10O4. The number of rotatable bonds is 11. The lowest BCUT2D eigenvalue weighted by Gasteiger charge is -2.25. The maximum atomic E-state index is 12.7. The summed E-state index contributed by atoms with van der Waals surface area (Å²) in [6, 6.07) is 29.7. The monoisotopic (exact) mass is 842 g/mol. The van der Waals surface area contributed by atoms with Gasteiger partial charge in [-0.1, -0.05) is 108 Å². The van der Waals surface area contributed by atoms with E-state index in [1.165, 1.54) is 12.8 Å². The van der Waals surface area contributed by atoms with Gasteiger partial charge in [-0.3, -0.25) is 14.4 Å². The summed E-state index contributed by atoms with van der Waals surface area (Å²) in [4.78, 5) is 40.5. The van der Waals surface area contributed by atoms with Gasteiger partial charge in [0.1, 0.15) is 6.54 Å². The molecule has 7 rings (SSSR count). The van der Waals surface area contributed by atoms with Gasteiger partial charge >= 0.3 is 6.05 Å². The number of hydrogen-bond donors (Lipinski definition) is 4. The average Bonchev–Trinajstić information content (AvgIpc) is 3.95. The number of anilines is 1. The molecule has 3 amide bonds. The lowest BCUT2D eigenvalue weighted by Crippen LogP contribution is -2.37. The van der Waals surface area contributed by atoms with Crippen molar-refractivity contribution in [3.8, 4) is 23.7 Å². The van der Waals surface area contributed by atoms with Crippen LogP contribution in [0.1, 0.15) is 59.9 Å². The molecule has 3 atom stereocenters. The first kappa shape index (κ1) is 47.5. The minimum absolute atomic E-state index is 0.0310. The highest BCUT2D eigenvalue weighted by atomic mass is 19.3. The molecule has 0 aromatic heterocycles. The Kier molecular flexibility index (Phi) is 19.5. The third kappa shape index (κ3) is 15.4. The van der Waals surface area contributed by atoms with Crippen molar-refractivity contribution in [2.24, 2.45) is 33.7 Å². The number of fused-ring (bicyclic) bond motifs is 3. The van der Waals surface area contributed by atoms with Crippen molar-refractivity contribution in [3.63, 3.8) is 0 Å². The zero-order valence-corrected chi connectivity index (χ0v) is 34.0. The summed E-state index contributed by atoms with van der Waals surface area (Å²) in [5, 5.41) is 18.8.